The third-order valence-corrected chi connectivity index (χ3v) is 5.27. The van der Waals surface area contributed by atoms with E-state index >= 15 is 0 Å². The first-order valence-electron chi connectivity index (χ1n) is 8.20. The first kappa shape index (κ1) is 17.4. The van der Waals surface area contributed by atoms with E-state index in [1.165, 1.54) is 24.6 Å². The number of hydrogen-bond acceptors (Lipinski definition) is 6. The van der Waals surface area contributed by atoms with Gasteiger partial charge >= 0.3 is 0 Å². The van der Waals surface area contributed by atoms with Crippen LogP contribution in [0.4, 0.5) is 5.69 Å². The molecule has 2 aromatic rings. The Bertz CT molecular complexity index is 754. The quantitative estimate of drug-likeness (QED) is 0.761. The summed E-state index contributed by atoms with van der Waals surface area (Å²) in [4.78, 5) is 23.5. The normalized spacial score (nSPS) is 15.9. The number of nitrogens with zero attached hydrogens (tertiary/aromatic N) is 4. The van der Waals surface area contributed by atoms with E-state index in [1.54, 1.807) is 24.3 Å². The topological polar surface area (TPSA) is 116 Å². The molecule has 1 saturated carbocycles. The molecule has 2 amide bonds. The molecular formula is C16H20N6O2S. The zero-order valence-corrected chi connectivity index (χ0v) is 14.7. The minimum absolute atomic E-state index is 0.155. The van der Waals surface area contributed by atoms with E-state index in [0.29, 0.717) is 22.4 Å². The van der Waals surface area contributed by atoms with Gasteiger partial charge in [0.25, 0.3) is 0 Å². The number of nitrogens with one attached hydrogen (secondary N) is 1. The van der Waals surface area contributed by atoms with Crippen LogP contribution in [0.3, 0.4) is 0 Å². The van der Waals surface area contributed by atoms with E-state index in [2.05, 4.69) is 20.8 Å². The molecule has 132 valence electrons. The lowest BCUT2D eigenvalue weighted by molar-refractivity contribution is -0.115. The molecule has 1 aliphatic rings. The van der Waals surface area contributed by atoms with E-state index in [9.17, 15) is 9.59 Å². The second-order valence-corrected chi connectivity index (χ2v) is 7.34. The van der Waals surface area contributed by atoms with Gasteiger partial charge in [0, 0.05) is 11.3 Å². The maximum atomic E-state index is 12.4. The second-order valence-electron chi connectivity index (χ2n) is 6.04. The van der Waals surface area contributed by atoms with Crippen molar-refractivity contribution >= 4 is 29.3 Å². The molecule has 8 nitrogen and oxygen atoms in total. The molecule has 0 aliphatic heterocycles. The highest BCUT2D eigenvalue weighted by molar-refractivity contribution is 8.00. The van der Waals surface area contributed by atoms with Crippen molar-refractivity contribution in [3.63, 3.8) is 0 Å². The summed E-state index contributed by atoms with van der Waals surface area (Å²) in [5, 5.41) is 15.0. The third-order valence-electron chi connectivity index (χ3n) is 4.22. The average Bonchev–Trinajstić information content (AvgIpc) is 3.26. The molecular weight excluding hydrogens is 340 g/mol. The Morgan fingerprint density at radius 2 is 1.96 bits per heavy atom. The summed E-state index contributed by atoms with van der Waals surface area (Å²) in [6.45, 7) is 1.81. The van der Waals surface area contributed by atoms with Gasteiger partial charge in [-0.2, -0.15) is 0 Å². The van der Waals surface area contributed by atoms with E-state index in [-0.39, 0.29) is 11.2 Å². The minimum atomic E-state index is -0.499. The largest absolute Gasteiger partial charge is 0.366 e. The monoisotopic (exact) mass is 360 g/mol. The number of aromatic nitrogens is 4. The fraction of sp³-hybridized carbons (Fsp3) is 0.438. The molecule has 1 unspecified atom stereocenters. The first-order chi connectivity index (χ1) is 12.0. The molecule has 0 radical (unpaired) electrons. The Hall–Kier alpha value is -2.42. The molecule has 3 rings (SSSR count). The highest BCUT2D eigenvalue weighted by Gasteiger charge is 2.24. The van der Waals surface area contributed by atoms with E-state index in [1.807, 2.05) is 11.6 Å². The first-order valence-corrected chi connectivity index (χ1v) is 9.08. The van der Waals surface area contributed by atoms with Crippen molar-refractivity contribution in [3.8, 4) is 0 Å². The van der Waals surface area contributed by atoms with Crippen molar-refractivity contribution < 1.29 is 9.59 Å². The Morgan fingerprint density at radius 3 is 2.60 bits per heavy atom. The summed E-state index contributed by atoms with van der Waals surface area (Å²) in [5.41, 5.74) is 6.21. The number of thioether (sulfide) groups is 1. The predicted octanol–water partition coefficient (Wildman–Crippen LogP) is 2.01. The second kappa shape index (κ2) is 7.64. The van der Waals surface area contributed by atoms with E-state index < -0.39 is 5.91 Å². The Balaban J connectivity index is 1.61. The molecule has 1 fully saturated rings. The number of anilines is 1. The van der Waals surface area contributed by atoms with Gasteiger partial charge < -0.3 is 11.1 Å². The van der Waals surface area contributed by atoms with Gasteiger partial charge in [-0.3, -0.25) is 9.59 Å². The fourth-order valence-electron chi connectivity index (χ4n) is 2.81. The summed E-state index contributed by atoms with van der Waals surface area (Å²) in [5.74, 6) is -0.654. The van der Waals surface area contributed by atoms with Gasteiger partial charge in [0.1, 0.15) is 0 Å². The number of hydrogen-bond donors (Lipinski definition) is 2. The Kier molecular flexibility index (Phi) is 5.32. The van der Waals surface area contributed by atoms with Crippen LogP contribution in [-0.4, -0.2) is 37.3 Å². The Labute approximate surface area is 149 Å². The van der Waals surface area contributed by atoms with Gasteiger partial charge in [-0.25, -0.2) is 4.68 Å². The van der Waals surface area contributed by atoms with Crippen LogP contribution in [0.2, 0.25) is 0 Å². The van der Waals surface area contributed by atoms with Crippen molar-refractivity contribution in [2.45, 2.75) is 49.1 Å². The predicted molar refractivity (Wildman–Crippen MR) is 94.2 cm³/mol. The molecule has 0 bridgehead atoms. The van der Waals surface area contributed by atoms with Gasteiger partial charge in [0.2, 0.25) is 17.0 Å². The van der Waals surface area contributed by atoms with Crippen molar-refractivity contribution in [1.82, 2.24) is 20.2 Å². The van der Waals surface area contributed by atoms with Crippen molar-refractivity contribution in [1.29, 1.82) is 0 Å². The lowest BCUT2D eigenvalue weighted by Gasteiger charge is -2.14. The smallest absolute Gasteiger partial charge is 0.248 e. The number of benzene rings is 1. The summed E-state index contributed by atoms with van der Waals surface area (Å²) in [6.07, 6.45) is 4.52. The van der Waals surface area contributed by atoms with Crippen molar-refractivity contribution in [3.05, 3.63) is 29.8 Å². The molecule has 9 heteroatoms. The molecule has 1 aromatic heterocycles. The van der Waals surface area contributed by atoms with Crippen LogP contribution in [0.25, 0.3) is 0 Å². The molecule has 0 spiro atoms. The number of carbonyl (C=O) groups is 2. The summed E-state index contributed by atoms with van der Waals surface area (Å²) in [6, 6.07) is 6.79. The van der Waals surface area contributed by atoms with Gasteiger partial charge in [0.05, 0.1) is 11.3 Å². The van der Waals surface area contributed by atoms with Gasteiger partial charge in [-0.05, 0) is 54.5 Å². The SMILES string of the molecule is CC(Sc1nnnn1C1CCCC1)C(=O)Nc1ccc(C(N)=O)cc1. The van der Waals surface area contributed by atoms with E-state index in [4.69, 9.17) is 5.73 Å². The zero-order valence-electron chi connectivity index (χ0n) is 13.9. The summed E-state index contributed by atoms with van der Waals surface area (Å²) >= 11 is 1.34. The highest BCUT2D eigenvalue weighted by atomic mass is 32.2. The number of rotatable bonds is 6. The number of carbonyl (C=O) groups excluding carboxylic acids is 2. The van der Waals surface area contributed by atoms with Crippen molar-refractivity contribution in [2.24, 2.45) is 5.73 Å². The average molecular weight is 360 g/mol. The Morgan fingerprint density at radius 1 is 1.28 bits per heavy atom. The number of primary amides is 1. The van der Waals surface area contributed by atoms with Crippen LogP contribution in [-0.2, 0) is 4.79 Å². The lowest BCUT2D eigenvalue weighted by atomic mass is 10.2. The minimum Gasteiger partial charge on any atom is -0.366 e. The van der Waals surface area contributed by atoms with Crippen LogP contribution in [0, 0.1) is 0 Å². The van der Waals surface area contributed by atoms with Gasteiger partial charge in [-0.15, -0.1) is 5.10 Å². The van der Waals surface area contributed by atoms with Crippen LogP contribution in [0.5, 0.6) is 0 Å². The van der Waals surface area contributed by atoms with Crippen LogP contribution in [0.15, 0.2) is 29.4 Å². The number of tetrazole rings is 1. The standard InChI is InChI=1S/C16H20N6O2S/c1-10(15(24)18-12-8-6-11(7-9-12)14(17)23)25-16-19-20-21-22(16)13-4-2-3-5-13/h6-10,13H,2-5H2,1H3,(H2,17,23)(H,18,24). The maximum Gasteiger partial charge on any atom is 0.248 e. The fourth-order valence-corrected chi connectivity index (χ4v) is 3.67. The maximum absolute atomic E-state index is 12.4. The molecule has 3 N–H and O–H groups in total. The zero-order chi connectivity index (χ0) is 17.8. The molecule has 1 atom stereocenters. The molecule has 25 heavy (non-hydrogen) atoms. The highest BCUT2D eigenvalue weighted by Crippen LogP contribution is 2.32. The van der Waals surface area contributed by atoms with Crippen LogP contribution in [0.1, 0.15) is 49.0 Å². The van der Waals surface area contributed by atoms with Gasteiger partial charge in [0.15, 0.2) is 0 Å². The summed E-state index contributed by atoms with van der Waals surface area (Å²) in [7, 11) is 0. The molecule has 1 aromatic carbocycles. The van der Waals surface area contributed by atoms with Gasteiger partial charge in [-0.1, -0.05) is 24.6 Å². The van der Waals surface area contributed by atoms with Crippen molar-refractivity contribution in [2.75, 3.05) is 5.32 Å². The molecule has 0 saturated heterocycles. The van der Waals surface area contributed by atoms with Crippen LogP contribution >= 0.6 is 11.8 Å². The third kappa shape index (κ3) is 4.16. The molecule has 1 aliphatic carbocycles. The van der Waals surface area contributed by atoms with E-state index in [0.717, 1.165) is 12.8 Å². The number of amides is 2. The van der Waals surface area contributed by atoms with Crippen LogP contribution < -0.4 is 11.1 Å². The number of nitrogens with two attached hydrogens (primary N) is 1. The lowest BCUT2D eigenvalue weighted by Crippen LogP contribution is -2.23. The molecule has 1 heterocycles. The summed E-state index contributed by atoms with van der Waals surface area (Å²) < 4.78 is 1.84.